The van der Waals surface area contributed by atoms with Gasteiger partial charge in [-0.25, -0.2) is 0 Å². The van der Waals surface area contributed by atoms with E-state index in [1.54, 1.807) is 0 Å². The molecule has 0 aliphatic heterocycles. The summed E-state index contributed by atoms with van der Waals surface area (Å²) in [7, 11) is 0. The molecule has 0 fully saturated rings. The highest BCUT2D eigenvalue weighted by atomic mass is 79.9. The molecule has 0 aliphatic rings. The Kier molecular flexibility index (Phi) is 5.19. The van der Waals surface area contributed by atoms with E-state index in [-0.39, 0.29) is 11.9 Å². The third-order valence-electron chi connectivity index (χ3n) is 3.13. The first-order valence-corrected chi connectivity index (χ1v) is 6.87. The van der Waals surface area contributed by atoms with Gasteiger partial charge in [0.15, 0.2) is 0 Å². The maximum absolute atomic E-state index is 12.4. The fourth-order valence-electron chi connectivity index (χ4n) is 1.82. The lowest BCUT2D eigenvalue weighted by Crippen LogP contribution is -2.38. The largest absolute Gasteiger partial charge is 0.336 e. The van der Waals surface area contributed by atoms with Crippen LogP contribution < -0.4 is 0 Å². The summed E-state index contributed by atoms with van der Waals surface area (Å²) >= 11 is 3.45. The van der Waals surface area contributed by atoms with Crippen molar-refractivity contribution in [2.45, 2.75) is 40.2 Å². The number of halogens is 1. The van der Waals surface area contributed by atoms with Crippen LogP contribution in [0.15, 0.2) is 22.7 Å². The number of benzene rings is 1. The Bertz CT molecular complexity index is 403. The number of carbonyl (C=O) groups is 1. The molecule has 2 nitrogen and oxygen atoms in total. The molecule has 0 spiro atoms. The molecular weight excluding hydrogens is 278 g/mol. The van der Waals surface area contributed by atoms with Gasteiger partial charge in [0.05, 0.1) is 0 Å². The van der Waals surface area contributed by atoms with Crippen LogP contribution in [0, 0.1) is 6.92 Å². The van der Waals surface area contributed by atoms with Crippen molar-refractivity contribution in [2.75, 3.05) is 6.54 Å². The van der Waals surface area contributed by atoms with Gasteiger partial charge in [0, 0.05) is 22.6 Å². The smallest absolute Gasteiger partial charge is 0.254 e. The van der Waals surface area contributed by atoms with Gasteiger partial charge in [0.1, 0.15) is 0 Å². The predicted octanol–water partition coefficient (Wildman–Crippen LogP) is 4.02. The standard InChI is InChI=1S/C14H20BrNO/c1-5-11(4)16(6-2)14(17)12-7-8-13(15)10(3)9-12/h7-9,11H,5-6H2,1-4H3. The first-order valence-electron chi connectivity index (χ1n) is 6.08. The number of hydrogen-bond acceptors (Lipinski definition) is 1. The van der Waals surface area contributed by atoms with Crippen molar-refractivity contribution in [3.05, 3.63) is 33.8 Å². The topological polar surface area (TPSA) is 20.3 Å². The van der Waals surface area contributed by atoms with Crippen molar-refractivity contribution >= 4 is 21.8 Å². The molecule has 1 unspecified atom stereocenters. The lowest BCUT2D eigenvalue weighted by Gasteiger charge is -2.27. The SMILES string of the molecule is CCC(C)N(CC)C(=O)c1ccc(Br)c(C)c1. The molecule has 1 aromatic rings. The molecule has 1 amide bonds. The van der Waals surface area contributed by atoms with E-state index in [2.05, 4.69) is 29.8 Å². The average Bonchev–Trinajstić information content (AvgIpc) is 2.33. The van der Waals surface area contributed by atoms with Gasteiger partial charge in [-0.1, -0.05) is 22.9 Å². The van der Waals surface area contributed by atoms with E-state index in [9.17, 15) is 4.79 Å². The van der Waals surface area contributed by atoms with Crippen LogP contribution in [0.4, 0.5) is 0 Å². The maximum Gasteiger partial charge on any atom is 0.254 e. The third-order valence-corrected chi connectivity index (χ3v) is 4.02. The highest BCUT2D eigenvalue weighted by Crippen LogP contribution is 2.19. The quantitative estimate of drug-likeness (QED) is 0.822. The van der Waals surface area contributed by atoms with Crippen LogP contribution in [0.3, 0.4) is 0 Å². The van der Waals surface area contributed by atoms with E-state index in [1.165, 1.54) is 0 Å². The Morgan fingerprint density at radius 2 is 2.06 bits per heavy atom. The van der Waals surface area contributed by atoms with Crippen molar-refractivity contribution in [2.24, 2.45) is 0 Å². The average molecular weight is 298 g/mol. The molecule has 0 aliphatic carbocycles. The predicted molar refractivity (Wildman–Crippen MR) is 75.3 cm³/mol. The summed E-state index contributed by atoms with van der Waals surface area (Å²) in [6, 6.07) is 6.05. The van der Waals surface area contributed by atoms with Gasteiger partial charge in [-0.15, -0.1) is 0 Å². The summed E-state index contributed by atoms with van der Waals surface area (Å²) in [5, 5.41) is 0. The molecule has 3 heteroatoms. The van der Waals surface area contributed by atoms with E-state index in [1.807, 2.05) is 36.9 Å². The number of nitrogens with zero attached hydrogens (tertiary/aromatic N) is 1. The second-order valence-electron chi connectivity index (χ2n) is 4.31. The highest BCUT2D eigenvalue weighted by Gasteiger charge is 2.18. The van der Waals surface area contributed by atoms with Gasteiger partial charge in [-0.2, -0.15) is 0 Å². The molecule has 1 atom stereocenters. The Hall–Kier alpha value is -0.830. The number of aryl methyl sites for hydroxylation is 1. The molecule has 1 aromatic carbocycles. The van der Waals surface area contributed by atoms with Crippen LogP contribution in [0.25, 0.3) is 0 Å². The summed E-state index contributed by atoms with van der Waals surface area (Å²) in [5.74, 6) is 0.123. The zero-order valence-electron chi connectivity index (χ0n) is 11.0. The Balaban J connectivity index is 2.98. The van der Waals surface area contributed by atoms with Crippen LogP contribution >= 0.6 is 15.9 Å². The lowest BCUT2D eigenvalue weighted by atomic mass is 10.1. The molecule has 0 aromatic heterocycles. The highest BCUT2D eigenvalue weighted by molar-refractivity contribution is 9.10. The summed E-state index contributed by atoms with van der Waals surface area (Å²) in [4.78, 5) is 14.3. The van der Waals surface area contributed by atoms with Crippen LogP contribution in [0.1, 0.15) is 43.1 Å². The van der Waals surface area contributed by atoms with Gasteiger partial charge < -0.3 is 4.90 Å². The van der Waals surface area contributed by atoms with E-state index < -0.39 is 0 Å². The summed E-state index contributed by atoms with van der Waals surface area (Å²) in [6.07, 6.45) is 0.981. The minimum absolute atomic E-state index is 0.123. The third kappa shape index (κ3) is 3.32. The molecule has 0 bridgehead atoms. The van der Waals surface area contributed by atoms with Crippen molar-refractivity contribution < 1.29 is 4.79 Å². The maximum atomic E-state index is 12.4. The molecule has 0 N–H and O–H groups in total. The molecule has 0 saturated carbocycles. The number of hydrogen-bond donors (Lipinski definition) is 0. The van der Waals surface area contributed by atoms with E-state index in [0.717, 1.165) is 28.6 Å². The first kappa shape index (κ1) is 14.2. The van der Waals surface area contributed by atoms with Gasteiger partial charge in [0.2, 0.25) is 0 Å². The normalized spacial score (nSPS) is 12.3. The minimum Gasteiger partial charge on any atom is -0.336 e. The van der Waals surface area contributed by atoms with Crippen LogP contribution in [0.5, 0.6) is 0 Å². The van der Waals surface area contributed by atoms with E-state index >= 15 is 0 Å². The zero-order valence-corrected chi connectivity index (χ0v) is 12.5. The molecule has 1 rings (SSSR count). The van der Waals surface area contributed by atoms with Gasteiger partial charge in [0.25, 0.3) is 5.91 Å². The Labute approximate surface area is 112 Å². The first-order chi connectivity index (χ1) is 8.01. The molecule has 94 valence electrons. The molecule has 17 heavy (non-hydrogen) atoms. The Morgan fingerprint density at radius 3 is 2.53 bits per heavy atom. The number of amides is 1. The minimum atomic E-state index is 0.123. The van der Waals surface area contributed by atoms with E-state index in [0.29, 0.717) is 0 Å². The van der Waals surface area contributed by atoms with Crippen molar-refractivity contribution in [1.29, 1.82) is 0 Å². The van der Waals surface area contributed by atoms with Crippen molar-refractivity contribution in [1.82, 2.24) is 4.90 Å². The van der Waals surface area contributed by atoms with Gasteiger partial charge >= 0.3 is 0 Å². The van der Waals surface area contributed by atoms with E-state index in [4.69, 9.17) is 0 Å². The number of carbonyl (C=O) groups excluding carboxylic acids is 1. The van der Waals surface area contributed by atoms with Gasteiger partial charge in [-0.05, 0) is 51.0 Å². The zero-order chi connectivity index (χ0) is 13.0. The second-order valence-corrected chi connectivity index (χ2v) is 5.17. The summed E-state index contributed by atoms with van der Waals surface area (Å²) in [6.45, 7) is 8.97. The fraction of sp³-hybridized carbons (Fsp3) is 0.500. The second kappa shape index (κ2) is 6.20. The summed E-state index contributed by atoms with van der Waals surface area (Å²) in [5.41, 5.74) is 1.86. The van der Waals surface area contributed by atoms with Crippen molar-refractivity contribution in [3.8, 4) is 0 Å². The lowest BCUT2D eigenvalue weighted by molar-refractivity contribution is 0.0700. The monoisotopic (exact) mass is 297 g/mol. The molecule has 0 radical (unpaired) electrons. The van der Waals surface area contributed by atoms with Crippen LogP contribution in [-0.4, -0.2) is 23.4 Å². The fourth-order valence-corrected chi connectivity index (χ4v) is 2.07. The molecule has 0 saturated heterocycles. The molecule has 0 heterocycles. The van der Waals surface area contributed by atoms with Crippen molar-refractivity contribution in [3.63, 3.8) is 0 Å². The van der Waals surface area contributed by atoms with Gasteiger partial charge in [-0.3, -0.25) is 4.79 Å². The van der Waals surface area contributed by atoms with Crippen LogP contribution in [0.2, 0.25) is 0 Å². The Morgan fingerprint density at radius 1 is 1.41 bits per heavy atom. The van der Waals surface area contributed by atoms with Crippen LogP contribution in [-0.2, 0) is 0 Å². The molecular formula is C14H20BrNO. The number of rotatable bonds is 4. The summed E-state index contributed by atoms with van der Waals surface area (Å²) < 4.78 is 1.04.